The Morgan fingerprint density at radius 2 is 1.91 bits per heavy atom. The highest BCUT2D eigenvalue weighted by atomic mass is 32.2. The fraction of sp³-hybridized carbons (Fsp3) is 0.364. The van der Waals surface area contributed by atoms with Crippen LogP contribution in [0.1, 0.15) is 29.7 Å². The zero-order chi connectivity index (χ0) is 23.8. The number of piperidine rings is 1. The van der Waals surface area contributed by atoms with E-state index in [2.05, 4.69) is 4.98 Å². The molecule has 0 saturated carbocycles. The van der Waals surface area contributed by atoms with E-state index in [0.29, 0.717) is 11.8 Å². The molecule has 0 bridgehead atoms. The largest absolute Gasteiger partial charge is 0.459 e. The number of hydrogen-bond acceptors (Lipinski definition) is 5. The molecule has 1 aliphatic heterocycles. The van der Waals surface area contributed by atoms with Crippen molar-refractivity contribution in [3.05, 3.63) is 65.6 Å². The fourth-order valence-corrected chi connectivity index (χ4v) is 5.37. The van der Waals surface area contributed by atoms with E-state index in [0.717, 1.165) is 33.7 Å². The van der Waals surface area contributed by atoms with Crippen molar-refractivity contribution in [3.8, 4) is 0 Å². The zero-order valence-electron chi connectivity index (χ0n) is 17.7. The highest BCUT2D eigenvalue weighted by Gasteiger charge is 2.35. The van der Waals surface area contributed by atoms with Gasteiger partial charge < -0.3 is 9.14 Å². The van der Waals surface area contributed by atoms with Gasteiger partial charge in [0.15, 0.2) is 0 Å². The molecule has 0 radical (unpaired) electrons. The Morgan fingerprint density at radius 3 is 2.58 bits per heavy atom. The number of fused-ring (bicyclic) bond motifs is 1. The smallest absolute Gasteiger partial charge is 0.416 e. The summed E-state index contributed by atoms with van der Waals surface area (Å²) in [6, 6.07) is 7.49. The van der Waals surface area contributed by atoms with Crippen LogP contribution in [0.25, 0.3) is 5.65 Å². The van der Waals surface area contributed by atoms with Crippen molar-refractivity contribution in [2.75, 3.05) is 13.1 Å². The number of aryl methyl sites for hydroxylation is 1. The molecule has 1 saturated heterocycles. The van der Waals surface area contributed by atoms with E-state index in [4.69, 9.17) is 4.74 Å². The van der Waals surface area contributed by atoms with Crippen molar-refractivity contribution >= 4 is 21.6 Å². The molecule has 0 spiro atoms. The number of imidazole rings is 1. The number of pyridine rings is 1. The number of esters is 1. The number of carbonyl (C=O) groups excluding carboxylic acids is 1. The number of hydrogen-bond donors (Lipinski definition) is 0. The average molecular weight is 481 g/mol. The number of ether oxygens (including phenoxy) is 1. The first-order valence-electron chi connectivity index (χ1n) is 10.3. The summed E-state index contributed by atoms with van der Waals surface area (Å²) in [5, 5.41) is 0. The molecule has 0 N–H and O–H groups in total. The average Bonchev–Trinajstić information content (AvgIpc) is 3.22. The summed E-state index contributed by atoms with van der Waals surface area (Å²) < 4.78 is 72.8. The van der Waals surface area contributed by atoms with Gasteiger partial charge in [0.05, 0.1) is 22.1 Å². The molecule has 11 heteroatoms. The summed E-state index contributed by atoms with van der Waals surface area (Å²) in [6.07, 6.45) is -0.564. The molecule has 0 amide bonds. The molecule has 2 aromatic heterocycles. The van der Waals surface area contributed by atoms with Crippen LogP contribution >= 0.6 is 0 Å². The lowest BCUT2D eigenvalue weighted by atomic mass is 9.98. The van der Waals surface area contributed by atoms with Crippen molar-refractivity contribution in [1.29, 1.82) is 0 Å². The second-order valence-electron chi connectivity index (χ2n) is 7.97. The molecule has 3 aromatic rings. The lowest BCUT2D eigenvalue weighted by molar-refractivity contribution is -0.151. The van der Waals surface area contributed by atoms with Gasteiger partial charge in [-0.1, -0.05) is 12.1 Å². The molecule has 0 atom stereocenters. The fourth-order valence-electron chi connectivity index (χ4n) is 3.85. The van der Waals surface area contributed by atoms with Gasteiger partial charge in [-0.2, -0.15) is 17.5 Å². The molecule has 1 aromatic carbocycles. The van der Waals surface area contributed by atoms with Gasteiger partial charge in [0.25, 0.3) is 0 Å². The van der Waals surface area contributed by atoms with Crippen LogP contribution in [-0.2, 0) is 32.3 Å². The Kier molecular flexibility index (Phi) is 6.19. The standard InChI is InChI=1S/C22H22F3N3O4S/c1-15-4-3-9-27-13-18(26-20(15)27)14-32-21(29)16-7-10-28(11-8-16)33(30,31)19-6-2-5-17(12-19)22(23,24)25/h2-6,9,12-13,16H,7-8,10-11,14H2,1H3. The quantitative estimate of drug-likeness (QED) is 0.518. The number of alkyl halides is 3. The Bertz CT molecular complexity index is 1280. The van der Waals surface area contributed by atoms with Gasteiger partial charge in [-0.05, 0) is 49.6 Å². The predicted octanol–water partition coefficient (Wildman–Crippen LogP) is 3.81. The molecule has 1 aliphatic rings. The predicted molar refractivity (Wildman–Crippen MR) is 113 cm³/mol. The van der Waals surface area contributed by atoms with E-state index < -0.39 is 38.5 Å². The third-order valence-electron chi connectivity index (χ3n) is 5.68. The number of carbonyl (C=O) groups is 1. The molecule has 4 rings (SSSR count). The van der Waals surface area contributed by atoms with Crippen LogP contribution in [-0.4, -0.2) is 41.2 Å². The van der Waals surface area contributed by atoms with Gasteiger partial charge in [0.2, 0.25) is 10.0 Å². The molecule has 0 unspecified atom stereocenters. The summed E-state index contributed by atoms with van der Waals surface area (Å²) in [7, 11) is -4.10. The topological polar surface area (TPSA) is 81.0 Å². The number of aromatic nitrogens is 2. The lowest BCUT2D eigenvalue weighted by Gasteiger charge is -2.30. The van der Waals surface area contributed by atoms with Gasteiger partial charge in [-0.3, -0.25) is 4.79 Å². The molecule has 33 heavy (non-hydrogen) atoms. The van der Waals surface area contributed by atoms with Crippen LogP contribution < -0.4 is 0 Å². The first-order chi connectivity index (χ1) is 15.6. The minimum atomic E-state index is -4.64. The SMILES string of the molecule is Cc1cccn2cc(COC(=O)C3CCN(S(=O)(=O)c4cccc(C(F)(F)F)c4)CC3)nc12. The normalized spacial score (nSPS) is 16.2. The van der Waals surface area contributed by atoms with E-state index in [1.165, 1.54) is 0 Å². The van der Waals surface area contributed by atoms with Gasteiger partial charge in [0.1, 0.15) is 12.3 Å². The van der Waals surface area contributed by atoms with E-state index in [-0.39, 0.29) is 32.5 Å². The maximum Gasteiger partial charge on any atom is 0.416 e. The number of rotatable bonds is 5. The third-order valence-corrected chi connectivity index (χ3v) is 7.57. The molecule has 0 aliphatic carbocycles. The number of sulfonamides is 1. The Labute approximate surface area is 188 Å². The van der Waals surface area contributed by atoms with Crippen LogP contribution in [0.4, 0.5) is 13.2 Å². The summed E-state index contributed by atoms with van der Waals surface area (Å²) in [5.41, 5.74) is 1.34. The van der Waals surface area contributed by atoms with Crippen molar-refractivity contribution < 1.29 is 31.1 Å². The molecular formula is C22H22F3N3O4S. The minimum Gasteiger partial charge on any atom is -0.459 e. The maximum absolute atomic E-state index is 12.9. The molecule has 176 valence electrons. The second kappa shape index (κ2) is 8.79. The number of halogens is 3. The van der Waals surface area contributed by atoms with Crippen LogP contribution in [0.5, 0.6) is 0 Å². The van der Waals surface area contributed by atoms with Crippen molar-refractivity contribution in [3.63, 3.8) is 0 Å². The highest BCUT2D eigenvalue weighted by Crippen LogP contribution is 2.32. The number of benzene rings is 1. The zero-order valence-corrected chi connectivity index (χ0v) is 18.6. The summed E-state index contributed by atoms with van der Waals surface area (Å²) in [4.78, 5) is 16.5. The first-order valence-corrected chi connectivity index (χ1v) is 11.8. The Morgan fingerprint density at radius 1 is 1.18 bits per heavy atom. The summed E-state index contributed by atoms with van der Waals surface area (Å²) in [6.45, 7) is 1.97. The van der Waals surface area contributed by atoms with Gasteiger partial charge in [-0.15, -0.1) is 0 Å². The van der Waals surface area contributed by atoms with Crippen LogP contribution in [0.2, 0.25) is 0 Å². The van der Waals surface area contributed by atoms with Gasteiger partial charge >= 0.3 is 12.1 Å². The molecule has 3 heterocycles. The van der Waals surface area contributed by atoms with Crippen LogP contribution in [0.15, 0.2) is 53.7 Å². The highest BCUT2D eigenvalue weighted by molar-refractivity contribution is 7.89. The number of nitrogens with zero attached hydrogens (tertiary/aromatic N) is 3. The van der Waals surface area contributed by atoms with Crippen molar-refractivity contribution in [2.24, 2.45) is 5.92 Å². The monoisotopic (exact) mass is 481 g/mol. The van der Waals surface area contributed by atoms with Crippen LogP contribution in [0, 0.1) is 12.8 Å². The molecule has 1 fully saturated rings. The van der Waals surface area contributed by atoms with E-state index in [9.17, 15) is 26.4 Å². The maximum atomic E-state index is 12.9. The minimum absolute atomic E-state index is 0.00268. The van der Waals surface area contributed by atoms with Crippen LogP contribution in [0.3, 0.4) is 0 Å². The summed E-state index contributed by atoms with van der Waals surface area (Å²) >= 11 is 0. The van der Waals surface area contributed by atoms with E-state index >= 15 is 0 Å². The molecule has 7 nitrogen and oxygen atoms in total. The molecular weight excluding hydrogens is 459 g/mol. The van der Waals surface area contributed by atoms with Gasteiger partial charge in [-0.25, -0.2) is 13.4 Å². The first kappa shape index (κ1) is 23.2. The van der Waals surface area contributed by atoms with Crippen molar-refractivity contribution in [1.82, 2.24) is 13.7 Å². The second-order valence-corrected chi connectivity index (χ2v) is 9.90. The van der Waals surface area contributed by atoms with E-state index in [1.807, 2.05) is 29.7 Å². The Hall–Kier alpha value is -2.92. The van der Waals surface area contributed by atoms with Gasteiger partial charge in [0, 0.05) is 25.5 Å². The van der Waals surface area contributed by atoms with Crippen molar-refractivity contribution in [2.45, 2.75) is 37.4 Å². The summed E-state index contributed by atoms with van der Waals surface area (Å²) in [5.74, 6) is -0.934. The third kappa shape index (κ3) is 4.88. The lowest BCUT2D eigenvalue weighted by Crippen LogP contribution is -2.40. The Balaban J connectivity index is 1.36. The van der Waals surface area contributed by atoms with E-state index in [1.54, 1.807) is 6.20 Å².